The summed E-state index contributed by atoms with van der Waals surface area (Å²) in [4.78, 5) is 2.43. The third-order valence-corrected chi connectivity index (χ3v) is 5.95. The van der Waals surface area contributed by atoms with Crippen molar-refractivity contribution in [2.45, 2.75) is 24.6 Å². The molecule has 2 aliphatic heterocycles. The highest BCUT2D eigenvalue weighted by molar-refractivity contribution is 7.88. The Morgan fingerprint density at radius 2 is 1.89 bits per heavy atom. The Balaban J connectivity index is 1.70. The molecule has 0 bridgehead atoms. The van der Waals surface area contributed by atoms with Crippen LogP contribution in [-0.4, -0.2) is 49.8 Å². The Morgan fingerprint density at radius 3 is 2.68 bits per heavy atom. The van der Waals surface area contributed by atoms with E-state index in [9.17, 15) is 8.42 Å². The third-order valence-electron chi connectivity index (χ3n) is 4.14. The SMILES string of the molecule is O=S(=O)(Cc1ccccc1)N1CCN2CCC[C@@H]2C1. The van der Waals surface area contributed by atoms with Crippen molar-refractivity contribution in [2.75, 3.05) is 26.2 Å². The maximum absolute atomic E-state index is 12.5. The minimum atomic E-state index is -3.17. The van der Waals surface area contributed by atoms with E-state index in [0.29, 0.717) is 19.1 Å². The molecule has 4 nitrogen and oxygen atoms in total. The molecule has 2 aliphatic rings. The first-order valence-electron chi connectivity index (χ1n) is 6.91. The second kappa shape index (κ2) is 5.23. The van der Waals surface area contributed by atoms with Crippen LogP contribution < -0.4 is 0 Å². The Hall–Kier alpha value is -0.910. The molecule has 19 heavy (non-hydrogen) atoms. The molecule has 2 saturated heterocycles. The second-order valence-corrected chi connectivity index (χ2v) is 7.40. The van der Waals surface area contributed by atoms with Crippen LogP contribution in [0, 0.1) is 0 Å². The van der Waals surface area contributed by atoms with Gasteiger partial charge in [0.15, 0.2) is 0 Å². The Labute approximate surface area is 115 Å². The first-order valence-corrected chi connectivity index (χ1v) is 8.52. The van der Waals surface area contributed by atoms with E-state index in [1.54, 1.807) is 4.31 Å². The van der Waals surface area contributed by atoms with Gasteiger partial charge < -0.3 is 0 Å². The second-order valence-electron chi connectivity index (χ2n) is 5.43. The van der Waals surface area contributed by atoms with Gasteiger partial charge in [-0.1, -0.05) is 30.3 Å². The Kier molecular flexibility index (Phi) is 3.60. The van der Waals surface area contributed by atoms with Gasteiger partial charge in [-0.15, -0.1) is 0 Å². The lowest BCUT2D eigenvalue weighted by Crippen LogP contribution is -2.52. The molecule has 1 aromatic carbocycles. The van der Waals surface area contributed by atoms with Crippen molar-refractivity contribution in [3.63, 3.8) is 0 Å². The van der Waals surface area contributed by atoms with Crippen molar-refractivity contribution in [3.8, 4) is 0 Å². The van der Waals surface area contributed by atoms with Gasteiger partial charge in [0.05, 0.1) is 5.75 Å². The minimum Gasteiger partial charge on any atom is -0.298 e. The van der Waals surface area contributed by atoms with Crippen LogP contribution in [0.2, 0.25) is 0 Å². The lowest BCUT2D eigenvalue weighted by molar-refractivity contribution is 0.158. The Bertz CT molecular complexity index is 530. The van der Waals surface area contributed by atoms with Gasteiger partial charge in [0.1, 0.15) is 0 Å². The zero-order valence-corrected chi connectivity index (χ0v) is 11.8. The maximum atomic E-state index is 12.5. The Morgan fingerprint density at radius 1 is 1.11 bits per heavy atom. The van der Waals surface area contributed by atoms with Crippen LogP contribution in [0.5, 0.6) is 0 Å². The van der Waals surface area contributed by atoms with Crippen LogP contribution in [0.15, 0.2) is 30.3 Å². The van der Waals surface area contributed by atoms with Crippen LogP contribution >= 0.6 is 0 Å². The molecule has 0 spiro atoms. The summed E-state index contributed by atoms with van der Waals surface area (Å²) < 4.78 is 26.6. The normalized spacial score (nSPS) is 25.4. The molecule has 0 aromatic heterocycles. The molecule has 2 fully saturated rings. The topological polar surface area (TPSA) is 40.6 Å². The molecule has 1 atom stereocenters. The van der Waals surface area contributed by atoms with Gasteiger partial charge in [-0.3, -0.25) is 4.90 Å². The number of rotatable bonds is 3. The molecular formula is C14H20N2O2S. The molecule has 0 aliphatic carbocycles. The largest absolute Gasteiger partial charge is 0.298 e. The van der Waals surface area contributed by atoms with E-state index in [4.69, 9.17) is 0 Å². The van der Waals surface area contributed by atoms with Crippen molar-refractivity contribution in [3.05, 3.63) is 35.9 Å². The van der Waals surface area contributed by atoms with Crippen LogP contribution in [-0.2, 0) is 15.8 Å². The molecule has 0 unspecified atom stereocenters. The average molecular weight is 280 g/mol. The van der Waals surface area contributed by atoms with Gasteiger partial charge in [-0.05, 0) is 24.9 Å². The lowest BCUT2D eigenvalue weighted by Gasteiger charge is -2.36. The number of fused-ring (bicyclic) bond motifs is 1. The van der Waals surface area contributed by atoms with Gasteiger partial charge in [0, 0.05) is 25.7 Å². The standard InChI is InChI=1S/C14H20N2O2S/c17-19(18,12-13-5-2-1-3-6-13)16-10-9-15-8-4-7-14(15)11-16/h1-3,5-6,14H,4,7-12H2/t14-/m1/s1. The van der Waals surface area contributed by atoms with Gasteiger partial charge in [0.2, 0.25) is 10.0 Å². The number of hydrogen-bond acceptors (Lipinski definition) is 3. The monoisotopic (exact) mass is 280 g/mol. The van der Waals surface area contributed by atoms with Crippen molar-refractivity contribution >= 4 is 10.0 Å². The summed E-state index contributed by atoms with van der Waals surface area (Å²) in [5.41, 5.74) is 0.872. The van der Waals surface area contributed by atoms with E-state index < -0.39 is 10.0 Å². The first kappa shape index (κ1) is 13.1. The summed E-state index contributed by atoms with van der Waals surface area (Å²) >= 11 is 0. The van der Waals surface area contributed by atoms with Crippen LogP contribution in [0.1, 0.15) is 18.4 Å². The predicted molar refractivity (Wildman–Crippen MR) is 75.2 cm³/mol. The predicted octanol–water partition coefficient (Wildman–Crippen LogP) is 1.30. The van der Waals surface area contributed by atoms with Crippen LogP contribution in [0.4, 0.5) is 0 Å². The van der Waals surface area contributed by atoms with Crippen molar-refractivity contribution in [1.82, 2.24) is 9.21 Å². The molecule has 0 saturated carbocycles. The molecule has 1 aromatic rings. The highest BCUT2D eigenvalue weighted by atomic mass is 32.2. The van der Waals surface area contributed by atoms with E-state index in [-0.39, 0.29) is 5.75 Å². The number of nitrogens with zero attached hydrogens (tertiary/aromatic N) is 2. The fraction of sp³-hybridized carbons (Fsp3) is 0.571. The fourth-order valence-corrected chi connectivity index (χ4v) is 4.65. The van der Waals surface area contributed by atoms with Crippen LogP contribution in [0.3, 0.4) is 0 Å². The molecular weight excluding hydrogens is 260 g/mol. The van der Waals surface area contributed by atoms with Crippen molar-refractivity contribution < 1.29 is 8.42 Å². The molecule has 104 valence electrons. The molecule has 3 rings (SSSR count). The summed E-state index contributed by atoms with van der Waals surface area (Å²) in [7, 11) is -3.17. The smallest absolute Gasteiger partial charge is 0.218 e. The van der Waals surface area contributed by atoms with E-state index >= 15 is 0 Å². The summed E-state index contributed by atoms with van der Waals surface area (Å²) in [5, 5.41) is 0. The fourth-order valence-electron chi connectivity index (χ4n) is 3.09. The number of sulfonamides is 1. The lowest BCUT2D eigenvalue weighted by atomic mass is 10.2. The zero-order chi connectivity index (χ0) is 13.3. The zero-order valence-electron chi connectivity index (χ0n) is 11.0. The van der Waals surface area contributed by atoms with E-state index in [0.717, 1.165) is 25.1 Å². The quantitative estimate of drug-likeness (QED) is 0.838. The van der Waals surface area contributed by atoms with Gasteiger partial charge >= 0.3 is 0 Å². The van der Waals surface area contributed by atoms with Gasteiger partial charge in [0.25, 0.3) is 0 Å². The summed E-state index contributed by atoms with van der Waals surface area (Å²) in [6, 6.07) is 9.89. The number of hydrogen-bond donors (Lipinski definition) is 0. The van der Waals surface area contributed by atoms with Crippen LogP contribution in [0.25, 0.3) is 0 Å². The molecule has 0 radical (unpaired) electrons. The summed E-state index contributed by atoms with van der Waals surface area (Å²) in [5.74, 6) is 0.126. The van der Waals surface area contributed by atoms with Gasteiger partial charge in [-0.2, -0.15) is 4.31 Å². The average Bonchev–Trinajstić information content (AvgIpc) is 2.86. The summed E-state index contributed by atoms with van der Waals surface area (Å²) in [6.45, 7) is 3.34. The highest BCUT2D eigenvalue weighted by Gasteiger charge is 2.35. The molecule has 0 N–H and O–H groups in total. The maximum Gasteiger partial charge on any atom is 0.218 e. The van der Waals surface area contributed by atoms with E-state index in [2.05, 4.69) is 4.90 Å². The summed E-state index contributed by atoms with van der Waals surface area (Å²) in [6.07, 6.45) is 2.34. The van der Waals surface area contributed by atoms with Gasteiger partial charge in [-0.25, -0.2) is 8.42 Å². The third kappa shape index (κ3) is 2.83. The first-order chi connectivity index (χ1) is 9.15. The number of benzene rings is 1. The van der Waals surface area contributed by atoms with Crippen molar-refractivity contribution in [2.24, 2.45) is 0 Å². The highest BCUT2D eigenvalue weighted by Crippen LogP contribution is 2.24. The molecule has 0 amide bonds. The minimum absolute atomic E-state index is 0.126. The molecule has 2 heterocycles. The van der Waals surface area contributed by atoms with E-state index in [1.807, 2.05) is 30.3 Å². The van der Waals surface area contributed by atoms with Crippen molar-refractivity contribution in [1.29, 1.82) is 0 Å². The molecule has 5 heteroatoms. The van der Waals surface area contributed by atoms with E-state index in [1.165, 1.54) is 6.42 Å². The number of piperazine rings is 1.